The van der Waals surface area contributed by atoms with Gasteiger partial charge in [0, 0.05) is 65.7 Å². The zero-order valence-corrected chi connectivity index (χ0v) is 44.1. The van der Waals surface area contributed by atoms with E-state index in [0.717, 1.165) is 42.3 Å². The molecule has 0 aliphatic carbocycles. The Morgan fingerprint density at radius 1 is 0.720 bits per heavy atom. The van der Waals surface area contributed by atoms with E-state index in [1.165, 1.54) is 7.11 Å². The minimum absolute atomic E-state index is 0.000292. The highest BCUT2D eigenvalue weighted by atomic mass is 32.2. The third-order valence-corrected chi connectivity index (χ3v) is 16.9. The van der Waals surface area contributed by atoms with Crippen molar-refractivity contribution in [1.29, 1.82) is 0 Å². The molecule has 0 aromatic heterocycles. The third kappa shape index (κ3) is 10.9. The maximum absolute atomic E-state index is 14.4. The molecule has 5 atom stereocenters. The second-order valence-electron chi connectivity index (χ2n) is 20.2. The lowest BCUT2D eigenvalue weighted by atomic mass is 9.95. The second kappa shape index (κ2) is 22.0. The third-order valence-electron chi connectivity index (χ3n) is 15.2. The predicted molar refractivity (Wildman–Crippen MR) is 282 cm³/mol. The van der Waals surface area contributed by atoms with E-state index in [1.54, 1.807) is 56.0 Å². The number of para-hydroxylation sites is 2. The largest absolute Gasteiger partial charge is 0.493 e. The molecular weight excluding hydrogens is 975 g/mol. The summed E-state index contributed by atoms with van der Waals surface area (Å²) in [5.41, 5.74) is 7.97. The first-order chi connectivity index (χ1) is 36.0. The van der Waals surface area contributed by atoms with Crippen molar-refractivity contribution in [3.63, 3.8) is 0 Å². The van der Waals surface area contributed by atoms with E-state index in [1.807, 2.05) is 66.4 Å². The van der Waals surface area contributed by atoms with E-state index in [9.17, 15) is 37.2 Å². The molecule has 0 fully saturated rings. The standard InChI is InChI=1S/C59H63N3O12S/c1-7-45(63)15-12-18-51(64)36(4)60-57(66)35(3)22-52(65)43-24-37(23-38(25-43)33-74-55-28-39-19-20-44-26-40-13-8-10-16-48(40)61(44)58(67)47(39)31-54(55)71-5)32-73-53-29-42-30-56(75(69,70)72-6)50-27-41-14-9-11-17-49(41)62(50)59(68)46(42)21-34(53)2/h8-11,13-14,16-17,21,23-25,28-29,31,35-36,44,50,56H,7,12,15,18-20,22,26-27,30,32-33H2,1-6H3,(H,60,66)/t35-,36+,44-,50+,56?/m1/s1. The summed E-state index contributed by atoms with van der Waals surface area (Å²) in [5, 5.41) is 1.68. The minimum Gasteiger partial charge on any atom is -0.493 e. The van der Waals surface area contributed by atoms with E-state index < -0.39 is 39.3 Å². The Labute approximate surface area is 438 Å². The van der Waals surface area contributed by atoms with Gasteiger partial charge >= 0.3 is 0 Å². The molecule has 75 heavy (non-hydrogen) atoms. The zero-order chi connectivity index (χ0) is 53.3. The summed E-state index contributed by atoms with van der Waals surface area (Å²) in [5.74, 6) is -0.943. The predicted octanol–water partition coefficient (Wildman–Crippen LogP) is 8.58. The number of carbonyl (C=O) groups excluding carboxylic acids is 6. The average Bonchev–Trinajstić information content (AvgIpc) is 3.91. The lowest BCUT2D eigenvalue weighted by molar-refractivity contribution is -0.129. The number of fused-ring (bicyclic) bond motifs is 8. The molecule has 392 valence electrons. The molecule has 0 saturated heterocycles. The molecule has 9 rings (SSSR count). The molecular formula is C59H63N3O12S. The molecule has 16 heteroatoms. The number of Topliss-reactive ketones (excluding diaryl/α,β-unsaturated/α-hetero) is 3. The molecule has 4 aliphatic heterocycles. The van der Waals surface area contributed by atoms with Crippen LogP contribution in [0.3, 0.4) is 0 Å². The van der Waals surface area contributed by atoms with Crippen molar-refractivity contribution in [3.8, 4) is 17.2 Å². The van der Waals surface area contributed by atoms with E-state index in [4.69, 9.17) is 18.4 Å². The van der Waals surface area contributed by atoms with Crippen LogP contribution in [0.25, 0.3) is 0 Å². The quantitative estimate of drug-likeness (QED) is 0.0578. The summed E-state index contributed by atoms with van der Waals surface area (Å²) in [6.07, 6.45) is 3.62. The molecule has 0 spiro atoms. The number of ether oxygens (including phenoxy) is 3. The topological polar surface area (TPSA) is 192 Å². The van der Waals surface area contributed by atoms with Gasteiger partial charge in [-0.15, -0.1) is 0 Å². The van der Waals surface area contributed by atoms with Gasteiger partial charge in [-0.3, -0.25) is 33.0 Å². The first-order valence-corrected chi connectivity index (χ1v) is 27.2. The monoisotopic (exact) mass is 1040 g/mol. The fraction of sp³-hybridized carbons (Fsp3) is 0.390. The van der Waals surface area contributed by atoms with Crippen LogP contribution in [0.2, 0.25) is 0 Å². The number of carbonyl (C=O) groups is 6. The number of rotatable bonds is 20. The lowest BCUT2D eigenvalue weighted by Gasteiger charge is -2.28. The number of methoxy groups -OCH3 is 1. The highest BCUT2D eigenvalue weighted by Gasteiger charge is 2.48. The highest BCUT2D eigenvalue weighted by molar-refractivity contribution is 7.87. The van der Waals surface area contributed by atoms with Gasteiger partial charge in [-0.2, -0.15) is 8.42 Å². The lowest BCUT2D eigenvalue weighted by Crippen LogP contribution is -2.47. The number of ketones is 3. The van der Waals surface area contributed by atoms with Crippen LogP contribution in [0, 0.1) is 12.8 Å². The molecule has 5 aromatic rings. The number of anilines is 2. The zero-order valence-electron chi connectivity index (χ0n) is 43.2. The normalized spacial score (nSPS) is 18.2. The summed E-state index contributed by atoms with van der Waals surface area (Å²) < 4.78 is 51.1. The second-order valence-corrected chi connectivity index (χ2v) is 22.1. The number of nitrogens with one attached hydrogen (secondary N) is 1. The van der Waals surface area contributed by atoms with Gasteiger partial charge < -0.3 is 29.3 Å². The fourth-order valence-corrected chi connectivity index (χ4v) is 12.2. The highest BCUT2D eigenvalue weighted by Crippen LogP contribution is 2.43. The molecule has 0 bridgehead atoms. The van der Waals surface area contributed by atoms with Gasteiger partial charge in [0.05, 0.1) is 26.3 Å². The Kier molecular flexibility index (Phi) is 15.4. The Morgan fingerprint density at radius 2 is 1.35 bits per heavy atom. The number of nitrogens with zero attached hydrogens (tertiary/aromatic N) is 2. The van der Waals surface area contributed by atoms with Crippen molar-refractivity contribution in [2.24, 2.45) is 5.92 Å². The summed E-state index contributed by atoms with van der Waals surface area (Å²) in [4.78, 5) is 84.2. The van der Waals surface area contributed by atoms with Gasteiger partial charge in [0.25, 0.3) is 21.9 Å². The minimum atomic E-state index is -4.12. The maximum Gasteiger partial charge on any atom is 0.272 e. The molecule has 0 saturated carbocycles. The van der Waals surface area contributed by atoms with Gasteiger partial charge in [-0.25, -0.2) is 0 Å². The smallest absolute Gasteiger partial charge is 0.272 e. The van der Waals surface area contributed by atoms with E-state index in [-0.39, 0.29) is 73.2 Å². The molecule has 15 nitrogen and oxygen atoms in total. The SMILES string of the molecule is CCC(=O)CCCC(=O)[C@H](C)NC(=O)[C@H](C)CC(=O)c1cc(COc2cc3c(cc2C)C(=O)N2c4ccccc4C[C@H]2C(S(=O)(=O)OC)C3)cc(COc2cc3c(cc2OC)C(=O)N2c4ccccc4C[C@H]2CC3)c1. The number of aryl methyl sites for hydroxylation is 2. The first-order valence-electron chi connectivity index (χ1n) is 25.7. The Balaban J connectivity index is 0.975. The van der Waals surface area contributed by atoms with Gasteiger partial charge in [0.1, 0.15) is 30.0 Å². The molecule has 4 aliphatic rings. The molecule has 5 aromatic carbocycles. The van der Waals surface area contributed by atoms with Gasteiger partial charge in [-0.05, 0) is 146 Å². The molecule has 4 heterocycles. The first kappa shape index (κ1) is 52.7. The maximum atomic E-state index is 14.4. The van der Waals surface area contributed by atoms with Crippen LogP contribution in [-0.2, 0) is 67.6 Å². The van der Waals surface area contributed by atoms with Gasteiger partial charge in [0.15, 0.2) is 23.1 Å². The van der Waals surface area contributed by atoms with Crippen molar-refractivity contribution >= 4 is 56.6 Å². The summed E-state index contributed by atoms with van der Waals surface area (Å²) >= 11 is 0. The number of hydrogen-bond donors (Lipinski definition) is 1. The van der Waals surface area contributed by atoms with E-state index >= 15 is 0 Å². The summed E-state index contributed by atoms with van der Waals surface area (Å²) in [6, 6.07) is 26.2. The Bertz CT molecular complexity index is 3220. The Morgan fingerprint density at radius 3 is 2.03 bits per heavy atom. The van der Waals surface area contributed by atoms with Crippen LogP contribution in [-0.4, -0.2) is 81.1 Å². The van der Waals surface area contributed by atoms with Crippen molar-refractivity contribution < 1.29 is 55.6 Å². The molecule has 1 unspecified atom stereocenters. The van der Waals surface area contributed by atoms with Crippen LogP contribution in [0.1, 0.15) is 129 Å². The molecule has 3 amide bonds. The van der Waals surface area contributed by atoms with Crippen LogP contribution < -0.4 is 29.3 Å². The number of benzene rings is 5. The average molecular weight is 1040 g/mol. The summed E-state index contributed by atoms with van der Waals surface area (Å²) in [7, 11) is -1.47. The van der Waals surface area contributed by atoms with Crippen molar-refractivity contribution in [3.05, 3.63) is 147 Å². The van der Waals surface area contributed by atoms with Gasteiger partial charge in [-0.1, -0.05) is 50.2 Å². The number of hydrogen-bond acceptors (Lipinski definition) is 12. The van der Waals surface area contributed by atoms with Crippen LogP contribution in [0.5, 0.6) is 17.2 Å². The molecule has 0 radical (unpaired) electrons. The summed E-state index contributed by atoms with van der Waals surface area (Å²) in [6.45, 7) is 6.73. The van der Waals surface area contributed by atoms with Crippen LogP contribution in [0.4, 0.5) is 11.4 Å². The van der Waals surface area contributed by atoms with Crippen LogP contribution in [0.15, 0.2) is 91.0 Å². The number of amides is 3. The van der Waals surface area contributed by atoms with Crippen molar-refractivity contribution in [2.75, 3.05) is 24.0 Å². The van der Waals surface area contributed by atoms with Crippen molar-refractivity contribution in [2.45, 2.75) is 128 Å². The van der Waals surface area contributed by atoms with E-state index in [0.29, 0.717) is 88.4 Å². The fourth-order valence-electron chi connectivity index (χ4n) is 11.0. The molecule has 1 N–H and O–H groups in total. The van der Waals surface area contributed by atoms with Gasteiger partial charge in [0.2, 0.25) is 5.91 Å². The Hall–Kier alpha value is -7.17. The van der Waals surface area contributed by atoms with Crippen LogP contribution >= 0.6 is 0 Å². The van der Waals surface area contributed by atoms with Crippen molar-refractivity contribution in [1.82, 2.24) is 5.32 Å². The van der Waals surface area contributed by atoms with E-state index in [2.05, 4.69) is 11.4 Å².